The third-order valence-electron chi connectivity index (χ3n) is 5.48. The molecule has 34 heavy (non-hydrogen) atoms. The summed E-state index contributed by atoms with van der Waals surface area (Å²) < 4.78 is 78.6. The lowest BCUT2D eigenvalue weighted by molar-refractivity contribution is -0.143. The molecular weight excluding hydrogens is 478 g/mol. The molecule has 2 aromatic rings. The van der Waals surface area contributed by atoms with Gasteiger partial charge in [-0.1, -0.05) is 36.4 Å². The second kappa shape index (κ2) is 9.42. The van der Waals surface area contributed by atoms with Crippen LogP contribution in [0.5, 0.6) is 0 Å². The summed E-state index contributed by atoms with van der Waals surface area (Å²) in [4.78, 5) is 0. The minimum Gasteiger partial charge on any atom is -0.383 e. The SMILES string of the molecule is CC1=C(c2ccccc2C)[C@](O)(CNC(=S)Nc2cc(C(F)(F)F)cc(C(F)(F)F)c2)CC=C1. The lowest BCUT2D eigenvalue weighted by Gasteiger charge is -2.35. The Labute approximate surface area is 198 Å². The van der Waals surface area contributed by atoms with E-state index < -0.39 is 34.8 Å². The van der Waals surface area contributed by atoms with Crippen LogP contribution in [0.15, 0.2) is 60.2 Å². The fourth-order valence-electron chi connectivity index (χ4n) is 3.89. The molecular formula is C24H22F6N2OS. The Balaban J connectivity index is 1.82. The molecule has 1 atom stereocenters. The number of halogens is 6. The number of hydrogen-bond acceptors (Lipinski definition) is 2. The highest BCUT2D eigenvalue weighted by Gasteiger charge is 2.38. The molecule has 0 saturated heterocycles. The zero-order valence-electron chi connectivity index (χ0n) is 18.2. The quantitative estimate of drug-likeness (QED) is 0.332. The second-order valence-electron chi connectivity index (χ2n) is 8.11. The molecule has 0 spiro atoms. The van der Waals surface area contributed by atoms with Gasteiger partial charge in [-0.2, -0.15) is 26.3 Å². The summed E-state index contributed by atoms with van der Waals surface area (Å²) in [7, 11) is 0. The van der Waals surface area contributed by atoms with Crippen molar-refractivity contribution in [3.8, 4) is 0 Å². The van der Waals surface area contributed by atoms with E-state index in [2.05, 4.69) is 10.6 Å². The molecule has 10 heteroatoms. The number of anilines is 1. The van der Waals surface area contributed by atoms with Crippen LogP contribution in [0, 0.1) is 6.92 Å². The van der Waals surface area contributed by atoms with E-state index in [-0.39, 0.29) is 24.1 Å². The summed E-state index contributed by atoms with van der Waals surface area (Å²) in [5.41, 5.74) is -1.51. The first-order valence-electron chi connectivity index (χ1n) is 10.2. The lowest BCUT2D eigenvalue weighted by atomic mass is 9.78. The number of alkyl halides is 6. The van der Waals surface area contributed by atoms with Crippen molar-refractivity contribution in [2.24, 2.45) is 0 Å². The van der Waals surface area contributed by atoms with E-state index >= 15 is 0 Å². The van der Waals surface area contributed by atoms with Gasteiger partial charge < -0.3 is 15.7 Å². The Kier molecular flexibility index (Phi) is 7.14. The summed E-state index contributed by atoms with van der Waals surface area (Å²) >= 11 is 5.11. The molecule has 0 aromatic heterocycles. The molecule has 0 amide bonds. The zero-order valence-corrected chi connectivity index (χ0v) is 19.1. The normalized spacial score (nSPS) is 18.7. The number of nitrogens with one attached hydrogen (secondary N) is 2. The topological polar surface area (TPSA) is 44.3 Å². The fraction of sp³-hybridized carbons (Fsp3) is 0.292. The largest absolute Gasteiger partial charge is 0.416 e. The van der Waals surface area contributed by atoms with Crippen LogP contribution in [-0.2, 0) is 12.4 Å². The maximum Gasteiger partial charge on any atom is 0.416 e. The molecule has 182 valence electrons. The number of aryl methyl sites for hydroxylation is 1. The van der Waals surface area contributed by atoms with Crippen LogP contribution >= 0.6 is 12.2 Å². The highest BCUT2D eigenvalue weighted by atomic mass is 32.1. The van der Waals surface area contributed by atoms with Gasteiger partial charge in [-0.15, -0.1) is 0 Å². The van der Waals surface area contributed by atoms with Gasteiger partial charge in [0.05, 0.1) is 17.7 Å². The Morgan fingerprint density at radius 3 is 2.15 bits per heavy atom. The first-order valence-corrected chi connectivity index (χ1v) is 10.6. The number of thiocarbonyl (C=S) groups is 1. The van der Waals surface area contributed by atoms with Gasteiger partial charge in [0.15, 0.2) is 5.11 Å². The molecule has 0 fully saturated rings. The van der Waals surface area contributed by atoms with E-state index in [1.54, 1.807) is 6.08 Å². The van der Waals surface area contributed by atoms with E-state index in [4.69, 9.17) is 12.2 Å². The van der Waals surface area contributed by atoms with Crippen molar-refractivity contribution < 1.29 is 31.4 Å². The van der Waals surface area contributed by atoms with Crippen molar-refractivity contribution in [3.05, 3.63) is 82.4 Å². The van der Waals surface area contributed by atoms with Crippen molar-refractivity contribution in [1.29, 1.82) is 0 Å². The molecule has 0 aliphatic heterocycles. The maximum absolute atomic E-state index is 13.1. The van der Waals surface area contributed by atoms with Crippen molar-refractivity contribution in [2.75, 3.05) is 11.9 Å². The summed E-state index contributed by atoms with van der Waals surface area (Å²) in [5.74, 6) is 0. The predicted octanol–water partition coefficient (Wildman–Crippen LogP) is 6.48. The average molecular weight is 501 g/mol. The average Bonchev–Trinajstić information content (AvgIpc) is 2.72. The summed E-state index contributed by atoms with van der Waals surface area (Å²) in [6.45, 7) is 3.63. The van der Waals surface area contributed by atoms with Crippen LogP contribution in [0.1, 0.15) is 35.6 Å². The third kappa shape index (κ3) is 5.79. The number of aliphatic hydroxyl groups is 1. The van der Waals surface area contributed by atoms with Gasteiger partial charge in [-0.05, 0) is 66.5 Å². The molecule has 3 rings (SSSR count). The van der Waals surface area contributed by atoms with Crippen LogP contribution < -0.4 is 10.6 Å². The fourth-order valence-corrected chi connectivity index (χ4v) is 4.08. The summed E-state index contributed by atoms with van der Waals surface area (Å²) in [6, 6.07) is 8.62. The Morgan fingerprint density at radius 2 is 1.59 bits per heavy atom. The smallest absolute Gasteiger partial charge is 0.383 e. The first kappa shape index (κ1) is 25.8. The molecule has 1 aliphatic rings. The molecule has 2 aromatic carbocycles. The van der Waals surface area contributed by atoms with E-state index in [1.807, 2.05) is 44.2 Å². The van der Waals surface area contributed by atoms with Crippen molar-refractivity contribution in [2.45, 2.75) is 38.2 Å². The number of benzene rings is 2. The van der Waals surface area contributed by atoms with Gasteiger partial charge in [0, 0.05) is 12.1 Å². The van der Waals surface area contributed by atoms with E-state index in [0.717, 1.165) is 16.7 Å². The Morgan fingerprint density at radius 1 is 1.00 bits per heavy atom. The summed E-state index contributed by atoms with van der Waals surface area (Å²) in [5, 5.41) is 16.3. The van der Waals surface area contributed by atoms with E-state index in [0.29, 0.717) is 17.7 Å². The van der Waals surface area contributed by atoms with Crippen molar-refractivity contribution >= 4 is 28.6 Å². The first-order chi connectivity index (χ1) is 15.7. The highest BCUT2D eigenvalue weighted by molar-refractivity contribution is 7.80. The van der Waals surface area contributed by atoms with Crippen LogP contribution in [0.3, 0.4) is 0 Å². The molecule has 0 unspecified atom stereocenters. The van der Waals surface area contributed by atoms with Gasteiger partial charge in [0.1, 0.15) is 5.60 Å². The second-order valence-corrected chi connectivity index (χ2v) is 8.52. The van der Waals surface area contributed by atoms with Crippen LogP contribution in [0.2, 0.25) is 0 Å². The molecule has 3 N–H and O–H groups in total. The predicted molar refractivity (Wildman–Crippen MR) is 123 cm³/mol. The number of rotatable bonds is 4. The summed E-state index contributed by atoms with van der Waals surface area (Å²) in [6.07, 6.45) is -6.03. The van der Waals surface area contributed by atoms with E-state index in [9.17, 15) is 31.4 Å². The lowest BCUT2D eigenvalue weighted by Crippen LogP contribution is -2.46. The molecule has 0 heterocycles. The van der Waals surface area contributed by atoms with Crippen LogP contribution in [-0.4, -0.2) is 22.4 Å². The minimum atomic E-state index is -4.97. The number of allylic oxidation sites excluding steroid dienone is 2. The molecule has 0 saturated carbocycles. The molecule has 0 bridgehead atoms. The van der Waals surface area contributed by atoms with Gasteiger partial charge in [-0.3, -0.25) is 0 Å². The van der Waals surface area contributed by atoms with Gasteiger partial charge in [0.25, 0.3) is 0 Å². The van der Waals surface area contributed by atoms with Crippen LogP contribution in [0.25, 0.3) is 5.57 Å². The van der Waals surface area contributed by atoms with Gasteiger partial charge in [0.2, 0.25) is 0 Å². The monoisotopic (exact) mass is 500 g/mol. The van der Waals surface area contributed by atoms with Gasteiger partial charge >= 0.3 is 12.4 Å². The van der Waals surface area contributed by atoms with Crippen LogP contribution in [0.4, 0.5) is 32.0 Å². The molecule has 3 nitrogen and oxygen atoms in total. The highest BCUT2D eigenvalue weighted by Crippen LogP contribution is 2.39. The maximum atomic E-state index is 13.1. The molecule has 1 aliphatic carbocycles. The standard InChI is InChI=1S/C24H22F6N2OS/c1-14-6-3-4-8-19(14)20-15(2)7-5-9-22(20,33)13-31-21(34)32-18-11-16(23(25,26)27)10-17(12-18)24(28,29)30/h3-8,10-12,33H,9,13H2,1-2H3,(H2,31,32,34)/t22-/m1/s1. The Bertz CT molecular complexity index is 1120. The molecule has 0 radical (unpaired) electrons. The van der Waals surface area contributed by atoms with E-state index in [1.165, 1.54) is 0 Å². The zero-order chi connectivity index (χ0) is 25.3. The van der Waals surface area contributed by atoms with Gasteiger partial charge in [-0.25, -0.2) is 0 Å². The Hall–Kier alpha value is -2.85. The van der Waals surface area contributed by atoms with Crippen molar-refractivity contribution in [1.82, 2.24) is 5.32 Å². The number of hydrogen-bond donors (Lipinski definition) is 3. The minimum absolute atomic E-state index is 0.0424. The third-order valence-corrected chi connectivity index (χ3v) is 5.73. The van der Waals surface area contributed by atoms with Crippen molar-refractivity contribution in [3.63, 3.8) is 0 Å².